The maximum Gasteiger partial charge on any atom is 0.262 e. The Morgan fingerprint density at radius 1 is 1.12 bits per heavy atom. The smallest absolute Gasteiger partial charge is 0.262 e. The molecule has 0 fully saturated rings. The monoisotopic (exact) mass is 372 g/mol. The Kier molecular flexibility index (Phi) is 5.68. The van der Waals surface area contributed by atoms with E-state index in [4.69, 9.17) is 11.6 Å². The van der Waals surface area contributed by atoms with E-state index < -0.39 is 11.7 Å². The molecule has 0 atom stereocenters. The summed E-state index contributed by atoms with van der Waals surface area (Å²) in [5.41, 5.74) is 7.83. The van der Waals surface area contributed by atoms with Crippen LogP contribution in [-0.2, 0) is 22.4 Å². The van der Waals surface area contributed by atoms with Gasteiger partial charge in [0, 0.05) is 12.5 Å². The highest BCUT2D eigenvalue weighted by Gasteiger charge is 2.23. The van der Waals surface area contributed by atoms with Crippen molar-refractivity contribution in [3.63, 3.8) is 0 Å². The van der Waals surface area contributed by atoms with Crippen molar-refractivity contribution >= 4 is 29.5 Å². The predicted octanol–water partition coefficient (Wildman–Crippen LogP) is 3.44. The number of halogens is 2. The summed E-state index contributed by atoms with van der Waals surface area (Å²) in [6.07, 6.45) is 4.78. The Morgan fingerprint density at radius 2 is 1.81 bits per heavy atom. The fourth-order valence-corrected chi connectivity index (χ4v) is 3.31. The largest absolute Gasteiger partial charge is 0.273 e. The number of carbonyl (C=O) groups is 2. The summed E-state index contributed by atoms with van der Waals surface area (Å²) in [6, 6.07) is 12.1. The van der Waals surface area contributed by atoms with Crippen molar-refractivity contribution in [1.29, 1.82) is 0 Å². The number of hydrogen-bond donors (Lipinski definition) is 2. The minimum Gasteiger partial charge on any atom is -0.273 e. The van der Waals surface area contributed by atoms with Gasteiger partial charge in [0.15, 0.2) is 0 Å². The van der Waals surface area contributed by atoms with E-state index in [1.165, 1.54) is 41.5 Å². The Balaban J connectivity index is 1.44. The van der Waals surface area contributed by atoms with E-state index >= 15 is 0 Å². The first kappa shape index (κ1) is 18.1. The molecule has 0 aromatic heterocycles. The molecule has 0 bridgehead atoms. The maximum atomic E-state index is 13.0. The standard InChI is InChI=1S/C20H18ClFN2O2/c21-18-12-17(22)7-5-14(18)6-8-19(25)23-24-20(26)11-13-9-15-3-1-2-4-16(15)10-13/h1-8,12-13H,9-11H2,(H,23,25)(H,24,26)/b8-6+. The van der Waals surface area contributed by atoms with Gasteiger partial charge in [0.1, 0.15) is 5.82 Å². The SMILES string of the molecule is O=C(/C=C/c1ccc(F)cc1Cl)NNC(=O)CC1Cc2ccccc2C1. The first-order valence-corrected chi connectivity index (χ1v) is 8.68. The molecule has 2 aromatic carbocycles. The minimum absolute atomic E-state index is 0.207. The number of nitrogens with one attached hydrogen (secondary N) is 2. The Labute approximate surface area is 156 Å². The van der Waals surface area contributed by atoms with Gasteiger partial charge in [0.2, 0.25) is 5.91 Å². The van der Waals surface area contributed by atoms with Gasteiger partial charge in [0.05, 0.1) is 5.02 Å². The molecular weight excluding hydrogens is 355 g/mol. The van der Waals surface area contributed by atoms with Crippen LogP contribution in [0.15, 0.2) is 48.5 Å². The lowest BCUT2D eigenvalue weighted by Gasteiger charge is -2.09. The van der Waals surface area contributed by atoms with Crippen molar-refractivity contribution in [2.45, 2.75) is 19.3 Å². The Bertz CT molecular complexity index is 842. The van der Waals surface area contributed by atoms with Crippen molar-refractivity contribution < 1.29 is 14.0 Å². The van der Waals surface area contributed by atoms with Crippen molar-refractivity contribution in [2.24, 2.45) is 5.92 Å². The van der Waals surface area contributed by atoms with Crippen molar-refractivity contribution in [1.82, 2.24) is 10.9 Å². The molecule has 1 aliphatic rings. The summed E-state index contributed by atoms with van der Waals surface area (Å²) in [6.45, 7) is 0. The zero-order valence-corrected chi connectivity index (χ0v) is 14.7. The van der Waals surface area contributed by atoms with Crippen LogP contribution >= 0.6 is 11.6 Å². The molecule has 2 aromatic rings. The highest BCUT2D eigenvalue weighted by atomic mass is 35.5. The lowest BCUT2D eigenvalue weighted by atomic mass is 10.0. The van der Waals surface area contributed by atoms with Gasteiger partial charge >= 0.3 is 0 Å². The first-order valence-electron chi connectivity index (χ1n) is 8.30. The van der Waals surface area contributed by atoms with Crippen LogP contribution in [0.25, 0.3) is 6.08 Å². The van der Waals surface area contributed by atoms with E-state index in [1.807, 2.05) is 12.1 Å². The molecule has 0 saturated heterocycles. The minimum atomic E-state index is -0.492. The molecule has 0 heterocycles. The Hall–Kier alpha value is -2.66. The Morgan fingerprint density at radius 3 is 2.46 bits per heavy atom. The van der Waals surface area contributed by atoms with Gasteiger partial charge in [-0.05, 0) is 53.7 Å². The second-order valence-electron chi connectivity index (χ2n) is 6.28. The number of carbonyl (C=O) groups excluding carboxylic acids is 2. The molecule has 1 aliphatic carbocycles. The van der Waals surface area contributed by atoms with Gasteiger partial charge in [0.25, 0.3) is 5.91 Å². The van der Waals surface area contributed by atoms with E-state index in [1.54, 1.807) is 0 Å². The number of fused-ring (bicyclic) bond motifs is 1. The van der Waals surface area contributed by atoms with Gasteiger partial charge in [-0.15, -0.1) is 0 Å². The van der Waals surface area contributed by atoms with Gasteiger partial charge in [-0.1, -0.05) is 41.9 Å². The molecule has 6 heteroatoms. The summed E-state index contributed by atoms with van der Waals surface area (Å²) in [5, 5.41) is 0.207. The number of benzene rings is 2. The fourth-order valence-electron chi connectivity index (χ4n) is 3.08. The molecule has 26 heavy (non-hydrogen) atoms. The zero-order valence-electron chi connectivity index (χ0n) is 14.0. The third-order valence-corrected chi connectivity index (χ3v) is 4.64. The average Bonchev–Trinajstić information content (AvgIpc) is 3.01. The third-order valence-electron chi connectivity index (χ3n) is 4.31. The molecule has 2 N–H and O–H groups in total. The van der Waals surface area contributed by atoms with Crippen LogP contribution in [0.4, 0.5) is 4.39 Å². The van der Waals surface area contributed by atoms with E-state index in [2.05, 4.69) is 23.0 Å². The molecule has 0 saturated carbocycles. The summed E-state index contributed by atoms with van der Waals surface area (Å²) in [4.78, 5) is 23.8. The highest BCUT2D eigenvalue weighted by molar-refractivity contribution is 6.32. The van der Waals surface area contributed by atoms with Crippen molar-refractivity contribution in [3.05, 3.63) is 76.1 Å². The van der Waals surface area contributed by atoms with E-state index in [9.17, 15) is 14.0 Å². The van der Waals surface area contributed by atoms with Crippen LogP contribution in [0, 0.1) is 11.7 Å². The van der Waals surface area contributed by atoms with E-state index in [0.717, 1.165) is 12.8 Å². The van der Waals surface area contributed by atoms with Crippen LogP contribution in [0.3, 0.4) is 0 Å². The summed E-state index contributed by atoms with van der Waals surface area (Å²) >= 11 is 5.88. The first-order chi connectivity index (χ1) is 12.5. The molecule has 0 aliphatic heterocycles. The topological polar surface area (TPSA) is 58.2 Å². The molecule has 3 rings (SSSR count). The average molecular weight is 373 g/mol. The van der Waals surface area contributed by atoms with Gasteiger partial charge in [-0.25, -0.2) is 4.39 Å². The molecule has 4 nitrogen and oxygen atoms in total. The fraction of sp³-hybridized carbons (Fsp3) is 0.200. The second-order valence-corrected chi connectivity index (χ2v) is 6.69. The lowest BCUT2D eigenvalue weighted by molar-refractivity contribution is -0.127. The normalized spacial score (nSPS) is 13.6. The summed E-state index contributed by atoms with van der Waals surface area (Å²) in [5.74, 6) is -0.923. The number of rotatable bonds is 4. The van der Waals surface area contributed by atoms with Crippen LogP contribution in [-0.4, -0.2) is 11.8 Å². The quantitative estimate of drug-likeness (QED) is 0.638. The summed E-state index contributed by atoms with van der Waals surface area (Å²) in [7, 11) is 0. The third kappa shape index (κ3) is 4.70. The van der Waals surface area contributed by atoms with E-state index in [-0.39, 0.29) is 16.8 Å². The zero-order chi connectivity index (χ0) is 18.5. The molecule has 134 valence electrons. The van der Waals surface area contributed by atoms with Gasteiger partial charge < -0.3 is 0 Å². The van der Waals surface area contributed by atoms with Crippen LogP contribution in [0.2, 0.25) is 5.02 Å². The van der Waals surface area contributed by atoms with Crippen molar-refractivity contribution in [2.75, 3.05) is 0 Å². The predicted molar refractivity (Wildman–Crippen MR) is 98.7 cm³/mol. The lowest BCUT2D eigenvalue weighted by Crippen LogP contribution is -2.41. The van der Waals surface area contributed by atoms with Crippen LogP contribution in [0.5, 0.6) is 0 Å². The van der Waals surface area contributed by atoms with E-state index in [0.29, 0.717) is 12.0 Å². The number of hydrazine groups is 1. The molecule has 2 amide bonds. The second kappa shape index (κ2) is 8.15. The van der Waals surface area contributed by atoms with Crippen LogP contribution in [0.1, 0.15) is 23.1 Å². The number of amides is 2. The molecular formula is C20H18ClFN2O2. The molecule has 0 spiro atoms. The maximum absolute atomic E-state index is 13.0. The molecule has 0 unspecified atom stereocenters. The highest BCUT2D eigenvalue weighted by Crippen LogP contribution is 2.28. The molecule has 0 radical (unpaired) electrons. The summed E-state index contributed by atoms with van der Waals surface area (Å²) < 4.78 is 13.0. The number of hydrogen-bond acceptors (Lipinski definition) is 2. The van der Waals surface area contributed by atoms with Crippen LogP contribution < -0.4 is 10.9 Å². The van der Waals surface area contributed by atoms with Gasteiger partial charge in [-0.3, -0.25) is 20.4 Å². The van der Waals surface area contributed by atoms with Gasteiger partial charge in [-0.2, -0.15) is 0 Å². The van der Waals surface area contributed by atoms with Crippen molar-refractivity contribution in [3.8, 4) is 0 Å².